The average molecular weight is 300 g/mol. The normalized spacial score (nSPS) is 13.0. The molecule has 0 saturated carbocycles. The molecule has 1 aromatic rings. The summed E-state index contributed by atoms with van der Waals surface area (Å²) >= 11 is 11.5. The molecule has 0 aliphatic carbocycles. The van der Waals surface area contributed by atoms with Gasteiger partial charge in [-0.1, -0.05) is 37.0 Å². The Morgan fingerprint density at radius 1 is 1.33 bits per heavy atom. The first kappa shape index (κ1) is 15.1. The van der Waals surface area contributed by atoms with E-state index in [1.807, 2.05) is 13.8 Å². The fourth-order valence-electron chi connectivity index (χ4n) is 1.02. The van der Waals surface area contributed by atoms with Crippen LogP contribution in [0.3, 0.4) is 0 Å². The molecule has 18 heavy (non-hydrogen) atoms. The lowest BCUT2D eigenvalue weighted by Crippen LogP contribution is -2.17. The number of nitrogens with zero attached hydrogens (tertiary/aromatic N) is 1. The van der Waals surface area contributed by atoms with E-state index in [4.69, 9.17) is 23.2 Å². The van der Waals surface area contributed by atoms with Crippen LogP contribution in [-0.4, -0.2) is 11.5 Å². The maximum Gasteiger partial charge on any atom is 0.573 e. The quantitative estimate of drug-likeness (QED) is 0.706. The summed E-state index contributed by atoms with van der Waals surface area (Å²) in [6, 6.07) is 3.70. The van der Waals surface area contributed by atoms with Crippen LogP contribution in [0.1, 0.15) is 13.8 Å². The molecule has 0 radical (unpaired) electrons. The molecule has 100 valence electrons. The van der Waals surface area contributed by atoms with Crippen molar-refractivity contribution in [2.45, 2.75) is 20.2 Å². The number of aliphatic imine (C=N–C) groups is 1. The smallest absolute Gasteiger partial charge is 0.404 e. The molecular formula is C11H10Cl2F3NO. The summed E-state index contributed by atoms with van der Waals surface area (Å²) in [5, 5.41) is 0.164. The molecule has 0 unspecified atom stereocenters. The van der Waals surface area contributed by atoms with Gasteiger partial charge in [-0.2, -0.15) is 0 Å². The highest BCUT2D eigenvalue weighted by molar-refractivity contribution is 6.66. The van der Waals surface area contributed by atoms with Crippen LogP contribution in [-0.2, 0) is 0 Å². The van der Waals surface area contributed by atoms with Crippen molar-refractivity contribution >= 4 is 34.1 Å². The third-order valence-electron chi connectivity index (χ3n) is 1.85. The fourth-order valence-corrected chi connectivity index (χ4v) is 1.33. The van der Waals surface area contributed by atoms with Gasteiger partial charge in [0.05, 0.1) is 10.7 Å². The van der Waals surface area contributed by atoms with Gasteiger partial charge in [0.25, 0.3) is 0 Å². The molecule has 0 saturated heterocycles. The van der Waals surface area contributed by atoms with Gasteiger partial charge in [-0.3, -0.25) is 0 Å². The second-order valence-corrected chi connectivity index (χ2v) is 4.55. The van der Waals surface area contributed by atoms with Crippen molar-refractivity contribution < 1.29 is 17.9 Å². The van der Waals surface area contributed by atoms with Gasteiger partial charge in [0.1, 0.15) is 10.9 Å². The van der Waals surface area contributed by atoms with E-state index in [2.05, 4.69) is 9.73 Å². The Balaban J connectivity index is 2.96. The Hall–Kier alpha value is -0.940. The van der Waals surface area contributed by atoms with Crippen LogP contribution in [0.25, 0.3) is 0 Å². The molecule has 0 atom stereocenters. The lowest BCUT2D eigenvalue weighted by Gasteiger charge is -2.10. The lowest BCUT2D eigenvalue weighted by atomic mass is 10.2. The molecule has 0 bridgehead atoms. The molecule has 2 nitrogen and oxygen atoms in total. The zero-order valence-electron chi connectivity index (χ0n) is 9.55. The molecule has 0 heterocycles. The van der Waals surface area contributed by atoms with Gasteiger partial charge in [0.15, 0.2) is 0 Å². The van der Waals surface area contributed by atoms with Crippen molar-refractivity contribution in [1.82, 2.24) is 0 Å². The van der Waals surface area contributed by atoms with Gasteiger partial charge in [0.2, 0.25) is 0 Å². The van der Waals surface area contributed by atoms with E-state index in [-0.39, 0.29) is 10.9 Å². The van der Waals surface area contributed by atoms with Crippen LogP contribution >= 0.6 is 23.2 Å². The van der Waals surface area contributed by atoms with Gasteiger partial charge < -0.3 is 4.74 Å². The average Bonchev–Trinajstić information content (AvgIpc) is 2.20. The van der Waals surface area contributed by atoms with Crippen molar-refractivity contribution in [3.05, 3.63) is 23.2 Å². The van der Waals surface area contributed by atoms with Crippen molar-refractivity contribution in [3.63, 3.8) is 0 Å². The van der Waals surface area contributed by atoms with Gasteiger partial charge in [-0.25, -0.2) is 4.99 Å². The minimum absolute atomic E-state index is 0.0246. The van der Waals surface area contributed by atoms with E-state index in [0.717, 1.165) is 6.07 Å². The van der Waals surface area contributed by atoms with Gasteiger partial charge in [-0.15, -0.1) is 13.2 Å². The van der Waals surface area contributed by atoms with E-state index in [0.29, 0.717) is 10.9 Å². The largest absolute Gasteiger partial charge is 0.573 e. The first-order valence-corrected chi connectivity index (χ1v) is 5.74. The summed E-state index contributed by atoms with van der Waals surface area (Å²) in [6.45, 7) is 3.68. The van der Waals surface area contributed by atoms with Gasteiger partial charge >= 0.3 is 6.36 Å². The lowest BCUT2D eigenvalue weighted by molar-refractivity contribution is -0.274. The molecule has 0 aromatic heterocycles. The summed E-state index contributed by atoms with van der Waals surface area (Å²) in [7, 11) is 0. The number of rotatable bonds is 3. The maximum absolute atomic E-state index is 12.0. The Kier molecular flexibility index (Phi) is 4.87. The topological polar surface area (TPSA) is 21.6 Å². The van der Waals surface area contributed by atoms with Crippen molar-refractivity contribution in [2.24, 2.45) is 10.9 Å². The Bertz CT molecular complexity index is 458. The molecule has 0 aliphatic heterocycles. The van der Waals surface area contributed by atoms with Gasteiger partial charge in [0, 0.05) is 5.92 Å². The molecule has 0 N–H and O–H groups in total. The summed E-state index contributed by atoms with van der Waals surface area (Å²) in [4.78, 5) is 4.02. The highest BCUT2D eigenvalue weighted by Gasteiger charge is 2.32. The molecule has 1 rings (SSSR count). The first-order valence-electron chi connectivity index (χ1n) is 4.98. The van der Waals surface area contributed by atoms with Crippen LogP contribution in [0, 0.1) is 5.92 Å². The highest BCUT2D eigenvalue weighted by atomic mass is 35.5. The second-order valence-electron chi connectivity index (χ2n) is 3.75. The van der Waals surface area contributed by atoms with Gasteiger partial charge in [-0.05, 0) is 18.2 Å². The maximum atomic E-state index is 12.0. The third kappa shape index (κ3) is 4.74. The minimum Gasteiger partial charge on any atom is -0.404 e. The van der Waals surface area contributed by atoms with E-state index in [9.17, 15) is 13.2 Å². The van der Waals surface area contributed by atoms with E-state index in [1.54, 1.807) is 0 Å². The molecule has 0 aliphatic rings. The molecule has 0 spiro atoms. The van der Waals surface area contributed by atoms with Crippen LogP contribution in [0.15, 0.2) is 23.2 Å². The number of hydrogen-bond acceptors (Lipinski definition) is 2. The fraction of sp³-hybridized carbons (Fsp3) is 0.364. The van der Waals surface area contributed by atoms with E-state index in [1.165, 1.54) is 12.1 Å². The van der Waals surface area contributed by atoms with Crippen LogP contribution in [0.5, 0.6) is 5.75 Å². The predicted molar refractivity (Wildman–Crippen MR) is 65.9 cm³/mol. The minimum atomic E-state index is -4.77. The Morgan fingerprint density at radius 3 is 2.39 bits per heavy atom. The highest BCUT2D eigenvalue weighted by Crippen LogP contribution is 2.33. The number of hydrogen-bond donors (Lipinski definition) is 0. The molecule has 1 aromatic carbocycles. The number of halogens is 5. The Morgan fingerprint density at radius 2 is 1.94 bits per heavy atom. The summed E-state index contributed by atoms with van der Waals surface area (Å²) in [6.07, 6.45) is -4.77. The molecule has 7 heteroatoms. The summed E-state index contributed by atoms with van der Waals surface area (Å²) in [5.74, 6) is -0.444. The van der Waals surface area contributed by atoms with E-state index < -0.39 is 12.1 Å². The SMILES string of the molecule is CC(C)C(Cl)=Nc1ccc(OC(F)(F)F)c(Cl)c1. The summed E-state index contributed by atoms with van der Waals surface area (Å²) < 4.78 is 39.8. The summed E-state index contributed by atoms with van der Waals surface area (Å²) in [5.41, 5.74) is 0.369. The van der Waals surface area contributed by atoms with E-state index >= 15 is 0 Å². The first-order chi connectivity index (χ1) is 8.19. The monoisotopic (exact) mass is 299 g/mol. The zero-order chi connectivity index (χ0) is 13.9. The van der Waals surface area contributed by atoms with Crippen molar-refractivity contribution in [1.29, 1.82) is 0 Å². The number of benzene rings is 1. The van der Waals surface area contributed by atoms with Crippen molar-refractivity contribution in [2.75, 3.05) is 0 Å². The molecule has 0 amide bonds. The molecular weight excluding hydrogens is 290 g/mol. The van der Waals surface area contributed by atoms with Crippen LogP contribution in [0.2, 0.25) is 5.02 Å². The zero-order valence-corrected chi connectivity index (χ0v) is 11.1. The predicted octanol–water partition coefficient (Wildman–Crippen LogP) is 5.16. The Labute approximate surface area is 112 Å². The van der Waals surface area contributed by atoms with Crippen LogP contribution in [0.4, 0.5) is 18.9 Å². The number of ether oxygens (including phenoxy) is 1. The van der Waals surface area contributed by atoms with Crippen molar-refractivity contribution in [3.8, 4) is 5.75 Å². The third-order valence-corrected chi connectivity index (χ3v) is 2.67. The van der Waals surface area contributed by atoms with Crippen LogP contribution < -0.4 is 4.74 Å². The second kappa shape index (κ2) is 5.80. The number of alkyl halides is 3. The molecule has 0 fully saturated rings. The standard InChI is InChI=1S/C11H10Cl2F3NO/c1-6(2)10(13)17-7-3-4-9(8(12)5-7)18-11(14,15)16/h3-6H,1-2H3.